The Morgan fingerprint density at radius 1 is 1.59 bits per heavy atom. The number of nitrogens with one attached hydrogen (secondary N) is 1. The van der Waals surface area contributed by atoms with Gasteiger partial charge in [0.15, 0.2) is 0 Å². The maximum absolute atomic E-state index is 11.0. The zero-order chi connectivity index (χ0) is 13.0. The molecule has 0 fully saturated rings. The first kappa shape index (κ1) is 14.0. The van der Waals surface area contributed by atoms with Crippen molar-refractivity contribution in [3.8, 4) is 0 Å². The van der Waals surface area contributed by atoms with Crippen LogP contribution in [0.5, 0.6) is 0 Å². The van der Waals surface area contributed by atoms with Crippen LogP contribution in [0.3, 0.4) is 0 Å². The van der Waals surface area contributed by atoms with Crippen molar-refractivity contribution < 1.29 is 14.1 Å². The molecule has 0 radical (unpaired) electrons. The topological polar surface area (TPSA) is 66.4 Å². The third-order valence-corrected chi connectivity index (χ3v) is 3.38. The van der Waals surface area contributed by atoms with Crippen LogP contribution in [0, 0.1) is 0 Å². The fourth-order valence-corrected chi connectivity index (χ4v) is 2.45. The van der Waals surface area contributed by atoms with Gasteiger partial charge in [-0.15, -0.1) is 0 Å². The lowest BCUT2D eigenvalue weighted by Crippen LogP contribution is -2.22. The molecule has 0 saturated heterocycles. The van der Waals surface area contributed by atoms with Crippen molar-refractivity contribution in [1.82, 2.24) is 0 Å². The first-order valence-corrected chi connectivity index (χ1v) is 7.10. The Balaban J connectivity index is 2.79. The van der Waals surface area contributed by atoms with E-state index in [0.717, 1.165) is 0 Å². The predicted octanol–water partition coefficient (Wildman–Crippen LogP) is 2.22. The van der Waals surface area contributed by atoms with Crippen molar-refractivity contribution in [3.05, 3.63) is 28.8 Å². The van der Waals surface area contributed by atoms with Crippen LogP contribution in [0.25, 0.3) is 0 Å². The molecule has 0 aromatic heterocycles. The van der Waals surface area contributed by atoms with E-state index in [1.165, 1.54) is 12.1 Å². The Kier molecular flexibility index (Phi) is 4.96. The van der Waals surface area contributed by atoms with Gasteiger partial charge in [0.2, 0.25) is 0 Å². The average Bonchev–Trinajstić information content (AvgIpc) is 2.19. The molecule has 0 heterocycles. The molecule has 1 rings (SSSR count). The summed E-state index contributed by atoms with van der Waals surface area (Å²) >= 11 is 5.95. The van der Waals surface area contributed by atoms with E-state index in [-0.39, 0.29) is 11.6 Å². The first-order valence-electron chi connectivity index (χ1n) is 4.99. The molecule has 2 N–H and O–H groups in total. The van der Waals surface area contributed by atoms with Crippen molar-refractivity contribution in [2.24, 2.45) is 0 Å². The summed E-state index contributed by atoms with van der Waals surface area (Å²) in [5, 5.41) is 12.2. The Bertz CT molecular complexity index is 450. The zero-order valence-electron chi connectivity index (χ0n) is 9.57. The number of carbonyl (C=O) groups is 1. The Hall–Kier alpha value is -1.07. The van der Waals surface area contributed by atoms with Gasteiger partial charge in [0.05, 0.1) is 16.3 Å². The number of hydrogen-bond donors (Lipinski definition) is 2. The van der Waals surface area contributed by atoms with E-state index in [0.29, 0.717) is 16.5 Å². The number of benzene rings is 1. The van der Waals surface area contributed by atoms with Crippen LogP contribution in [-0.2, 0) is 10.8 Å². The molecule has 1 aromatic carbocycles. The Labute approximate surface area is 107 Å². The quantitative estimate of drug-likeness (QED) is 0.865. The molecule has 0 aliphatic carbocycles. The molecule has 4 nitrogen and oxygen atoms in total. The number of hydrogen-bond acceptors (Lipinski definition) is 3. The second-order valence-corrected chi connectivity index (χ2v) is 5.67. The van der Waals surface area contributed by atoms with Gasteiger partial charge in [-0.2, -0.15) is 0 Å². The van der Waals surface area contributed by atoms with Crippen molar-refractivity contribution in [2.75, 3.05) is 17.3 Å². The smallest absolute Gasteiger partial charge is 0.335 e. The molecule has 0 bridgehead atoms. The first-order chi connectivity index (χ1) is 7.90. The van der Waals surface area contributed by atoms with Crippen LogP contribution < -0.4 is 5.32 Å². The zero-order valence-corrected chi connectivity index (χ0v) is 11.1. The fourth-order valence-electron chi connectivity index (χ4n) is 1.42. The lowest BCUT2D eigenvalue weighted by molar-refractivity contribution is 0.0697. The minimum atomic E-state index is -1.01. The Morgan fingerprint density at radius 2 is 2.24 bits per heavy atom. The van der Waals surface area contributed by atoms with E-state index in [2.05, 4.69) is 5.32 Å². The molecule has 17 heavy (non-hydrogen) atoms. The lowest BCUT2D eigenvalue weighted by atomic mass is 10.2. The molecular weight excluding hydrogens is 262 g/mol. The second-order valence-electron chi connectivity index (χ2n) is 3.79. The third kappa shape index (κ3) is 4.36. The molecular formula is C11H14ClNO3S. The van der Waals surface area contributed by atoms with Crippen LogP contribution in [0.15, 0.2) is 18.2 Å². The summed E-state index contributed by atoms with van der Waals surface area (Å²) in [4.78, 5) is 10.7. The molecule has 0 spiro atoms. The maximum atomic E-state index is 11.0. The van der Waals surface area contributed by atoms with Gasteiger partial charge in [0, 0.05) is 28.9 Å². The monoisotopic (exact) mass is 275 g/mol. The lowest BCUT2D eigenvalue weighted by Gasteiger charge is -2.15. The minimum Gasteiger partial charge on any atom is -0.478 e. The van der Waals surface area contributed by atoms with Crippen LogP contribution in [0.1, 0.15) is 17.3 Å². The normalized spacial score (nSPS) is 14.1. The van der Waals surface area contributed by atoms with E-state index < -0.39 is 16.8 Å². The van der Waals surface area contributed by atoms with Crippen molar-refractivity contribution >= 4 is 34.1 Å². The number of carboxylic acid groups (broad SMARTS) is 1. The van der Waals surface area contributed by atoms with Crippen LogP contribution in [0.4, 0.5) is 5.69 Å². The number of halogens is 1. The molecule has 0 amide bonds. The minimum absolute atomic E-state index is 0.00834. The molecule has 0 aliphatic heterocycles. The van der Waals surface area contributed by atoms with Crippen molar-refractivity contribution in [2.45, 2.75) is 13.0 Å². The average molecular weight is 276 g/mol. The molecule has 94 valence electrons. The number of rotatable bonds is 5. The summed E-state index contributed by atoms with van der Waals surface area (Å²) in [6.45, 7) is 1.89. The molecule has 6 heteroatoms. The molecule has 1 aromatic rings. The predicted molar refractivity (Wildman–Crippen MR) is 70.4 cm³/mol. The maximum Gasteiger partial charge on any atom is 0.335 e. The van der Waals surface area contributed by atoms with E-state index in [1.807, 2.05) is 6.92 Å². The molecule has 2 atom stereocenters. The van der Waals surface area contributed by atoms with Crippen LogP contribution in [0.2, 0.25) is 5.02 Å². The third-order valence-electron chi connectivity index (χ3n) is 2.10. The van der Waals surface area contributed by atoms with Crippen molar-refractivity contribution in [3.63, 3.8) is 0 Å². The summed E-state index contributed by atoms with van der Waals surface area (Å²) < 4.78 is 11.0. The van der Waals surface area contributed by atoms with Gasteiger partial charge in [0.25, 0.3) is 0 Å². The number of carboxylic acids is 1. The summed E-state index contributed by atoms with van der Waals surface area (Å²) in [5.74, 6) is -0.502. The van der Waals surface area contributed by atoms with Gasteiger partial charge >= 0.3 is 5.97 Å². The van der Waals surface area contributed by atoms with Gasteiger partial charge in [-0.05, 0) is 25.1 Å². The number of aromatic carboxylic acids is 1. The SMILES string of the molecule is CC(CS(C)=O)Nc1ccc(C(=O)O)cc1Cl. The van der Waals surface area contributed by atoms with Gasteiger partial charge in [-0.1, -0.05) is 11.6 Å². The highest BCUT2D eigenvalue weighted by Gasteiger charge is 2.09. The fraction of sp³-hybridized carbons (Fsp3) is 0.364. The van der Waals surface area contributed by atoms with E-state index >= 15 is 0 Å². The highest BCUT2D eigenvalue weighted by Crippen LogP contribution is 2.23. The van der Waals surface area contributed by atoms with Crippen molar-refractivity contribution in [1.29, 1.82) is 0 Å². The summed E-state index contributed by atoms with van der Waals surface area (Å²) in [5.41, 5.74) is 0.793. The van der Waals surface area contributed by atoms with Crippen LogP contribution in [-0.4, -0.2) is 33.3 Å². The second kappa shape index (κ2) is 6.02. The highest BCUT2D eigenvalue weighted by molar-refractivity contribution is 7.84. The van der Waals surface area contributed by atoms with Gasteiger partial charge in [0.1, 0.15) is 0 Å². The summed E-state index contributed by atoms with van der Waals surface area (Å²) in [6.07, 6.45) is 1.63. The molecule has 0 aliphatic rings. The van der Waals surface area contributed by atoms with Gasteiger partial charge < -0.3 is 10.4 Å². The van der Waals surface area contributed by atoms with E-state index in [9.17, 15) is 9.00 Å². The van der Waals surface area contributed by atoms with Gasteiger partial charge in [-0.25, -0.2) is 4.79 Å². The largest absolute Gasteiger partial charge is 0.478 e. The van der Waals surface area contributed by atoms with E-state index in [1.54, 1.807) is 12.3 Å². The van der Waals surface area contributed by atoms with E-state index in [4.69, 9.17) is 16.7 Å². The standard InChI is InChI=1S/C11H14ClNO3S/c1-7(6-17(2)16)13-10-4-3-8(11(14)15)5-9(10)12/h3-5,7,13H,6H2,1-2H3,(H,14,15). The highest BCUT2D eigenvalue weighted by atomic mass is 35.5. The summed E-state index contributed by atoms with van der Waals surface area (Å²) in [6, 6.07) is 4.49. The number of anilines is 1. The van der Waals surface area contributed by atoms with Gasteiger partial charge in [-0.3, -0.25) is 4.21 Å². The Morgan fingerprint density at radius 3 is 2.71 bits per heavy atom. The van der Waals surface area contributed by atoms with Crippen LogP contribution >= 0.6 is 11.6 Å². The summed E-state index contributed by atoms with van der Waals surface area (Å²) in [7, 11) is -0.887. The molecule has 2 unspecified atom stereocenters. The molecule has 0 saturated carbocycles.